The number of aromatic nitrogens is 2. The highest BCUT2D eigenvalue weighted by Gasteiger charge is 2.09. The topological polar surface area (TPSA) is 78.5 Å². The van der Waals surface area contributed by atoms with Crippen LogP contribution in [0.5, 0.6) is 0 Å². The number of rotatable bonds is 3. The van der Waals surface area contributed by atoms with Gasteiger partial charge in [-0.15, -0.1) is 11.8 Å². The van der Waals surface area contributed by atoms with Gasteiger partial charge < -0.3 is 5.73 Å². The smallest absolute Gasteiger partial charge is 0.138 e. The van der Waals surface area contributed by atoms with Crippen LogP contribution in [0.4, 0.5) is 5.82 Å². The first-order chi connectivity index (χ1) is 5.79. The summed E-state index contributed by atoms with van der Waals surface area (Å²) in [6, 6.07) is 1.99. The van der Waals surface area contributed by atoms with E-state index in [-0.39, 0.29) is 0 Å². The van der Waals surface area contributed by atoms with E-state index in [9.17, 15) is 0 Å². The van der Waals surface area contributed by atoms with Crippen molar-refractivity contribution in [2.24, 2.45) is 0 Å². The lowest BCUT2D eigenvalue weighted by molar-refractivity contribution is 1.01. The second kappa shape index (κ2) is 4.28. The Balaban J connectivity index is 2.79. The lowest BCUT2D eigenvalue weighted by atomic mass is 10.4. The van der Waals surface area contributed by atoms with Gasteiger partial charge in [0, 0.05) is 5.75 Å². The summed E-state index contributed by atoms with van der Waals surface area (Å²) in [5.41, 5.74) is 5.88. The highest BCUT2D eigenvalue weighted by Crippen LogP contribution is 2.22. The van der Waals surface area contributed by atoms with E-state index in [4.69, 9.17) is 11.0 Å². The number of nitriles is 1. The number of nitrogens with one attached hydrogen (secondary N) is 1. The molecule has 0 bridgehead atoms. The molecule has 1 rings (SSSR count). The van der Waals surface area contributed by atoms with Crippen LogP contribution < -0.4 is 5.73 Å². The Labute approximate surface area is 79.9 Å². The Hall–Kier alpha value is -0.800. The van der Waals surface area contributed by atoms with Crippen LogP contribution in [0.25, 0.3) is 0 Å². The summed E-state index contributed by atoms with van der Waals surface area (Å²) in [5.74, 6) is 1.91. The highest BCUT2D eigenvalue weighted by atomic mass is 32.2. The van der Waals surface area contributed by atoms with E-state index in [0.29, 0.717) is 16.4 Å². The SMILES string of the molecule is N#Cc1c(SCCS)n[nH]c1N. The maximum absolute atomic E-state index is 8.67. The number of nitrogens with zero attached hydrogens (tertiary/aromatic N) is 2. The molecule has 1 aromatic heterocycles. The molecule has 0 unspecified atom stereocenters. The molecular formula is C6H8N4S2. The number of nitrogen functional groups attached to an aromatic ring is 1. The molecule has 0 saturated heterocycles. The molecule has 1 aromatic rings. The van der Waals surface area contributed by atoms with Crippen LogP contribution in [0, 0.1) is 11.3 Å². The Morgan fingerprint density at radius 2 is 2.50 bits per heavy atom. The van der Waals surface area contributed by atoms with Crippen molar-refractivity contribution < 1.29 is 0 Å². The lowest BCUT2D eigenvalue weighted by Gasteiger charge is -1.92. The van der Waals surface area contributed by atoms with Crippen molar-refractivity contribution >= 4 is 30.2 Å². The first-order valence-electron chi connectivity index (χ1n) is 3.27. The Bertz CT molecular complexity index is 301. The van der Waals surface area contributed by atoms with Crippen LogP contribution in [0.2, 0.25) is 0 Å². The van der Waals surface area contributed by atoms with Gasteiger partial charge in [-0.05, 0) is 5.75 Å². The van der Waals surface area contributed by atoms with Crippen molar-refractivity contribution in [3.63, 3.8) is 0 Å². The first-order valence-corrected chi connectivity index (χ1v) is 4.89. The normalized spacial score (nSPS) is 9.67. The number of H-pyrrole nitrogens is 1. The number of hydrogen-bond donors (Lipinski definition) is 3. The minimum absolute atomic E-state index is 0.333. The fraction of sp³-hybridized carbons (Fsp3) is 0.333. The Kier molecular flexibility index (Phi) is 3.31. The van der Waals surface area contributed by atoms with Crippen LogP contribution in [-0.2, 0) is 0 Å². The molecule has 1 heterocycles. The summed E-state index contributed by atoms with van der Waals surface area (Å²) in [7, 11) is 0. The fourth-order valence-electron chi connectivity index (χ4n) is 0.693. The number of nitrogens with two attached hydrogens (primary N) is 1. The van der Waals surface area contributed by atoms with Gasteiger partial charge >= 0.3 is 0 Å². The molecule has 0 radical (unpaired) electrons. The lowest BCUT2D eigenvalue weighted by Crippen LogP contribution is -1.87. The molecule has 12 heavy (non-hydrogen) atoms. The molecule has 0 saturated carbocycles. The number of thioether (sulfide) groups is 1. The monoisotopic (exact) mass is 200 g/mol. The third-order valence-corrected chi connectivity index (χ3v) is 2.71. The van der Waals surface area contributed by atoms with Crippen molar-refractivity contribution in [3.8, 4) is 6.07 Å². The molecular weight excluding hydrogens is 192 g/mol. The van der Waals surface area contributed by atoms with E-state index in [1.165, 1.54) is 11.8 Å². The van der Waals surface area contributed by atoms with Crippen LogP contribution >= 0.6 is 24.4 Å². The summed E-state index contributed by atoms with van der Waals surface area (Å²) in [5, 5.41) is 15.8. The third kappa shape index (κ3) is 1.87. The molecule has 0 fully saturated rings. The van der Waals surface area contributed by atoms with Crippen LogP contribution in [0.1, 0.15) is 5.56 Å². The molecule has 6 heteroatoms. The van der Waals surface area contributed by atoms with Gasteiger partial charge in [-0.1, -0.05) is 0 Å². The summed E-state index contributed by atoms with van der Waals surface area (Å²) >= 11 is 5.52. The Morgan fingerprint density at radius 3 is 3.08 bits per heavy atom. The molecule has 4 nitrogen and oxygen atoms in total. The number of hydrogen-bond acceptors (Lipinski definition) is 5. The van der Waals surface area contributed by atoms with Gasteiger partial charge in [0.15, 0.2) is 0 Å². The van der Waals surface area contributed by atoms with E-state index in [0.717, 1.165) is 11.5 Å². The number of thiol groups is 1. The van der Waals surface area contributed by atoms with Gasteiger partial charge in [0.1, 0.15) is 22.5 Å². The molecule has 0 aliphatic carbocycles. The predicted molar refractivity (Wildman–Crippen MR) is 52.3 cm³/mol. The molecule has 3 N–H and O–H groups in total. The predicted octanol–water partition coefficient (Wildman–Crippen LogP) is 0.885. The zero-order valence-electron chi connectivity index (χ0n) is 6.24. The van der Waals surface area contributed by atoms with E-state index in [2.05, 4.69) is 22.8 Å². The van der Waals surface area contributed by atoms with Crippen molar-refractivity contribution in [1.82, 2.24) is 10.2 Å². The van der Waals surface area contributed by atoms with E-state index < -0.39 is 0 Å². The van der Waals surface area contributed by atoms with Crippen molar-refractivity contribution in [1.29, 1.82) is 5.26 Å². The first kappa shape index (κ1) is 9.29. The van der Waals surface area contributed by atoms with Crippen molar-refractivity contribution in [3.05, 3.63) is 5.56 Å². The minimum atomic E-state index is 0.333. The summed E-state index contributed by atoms with van der Waals surface area (Å²) in [6.45, 7) is 0. The van der Waals surface area contributed by atoms with Gasteiger partial charge in [-0.3, -0.25) is 5.10 Å². The second-order valence-corrected chi connectivity index (χ2v) is 3.53. The maximum Gasteiger partial charge on any atom is 0.138 e. The van der Waals surface area contributed by atoms with Gasteiger partial charge in [0.25, 0.3) is 0 Å². The molecule has 0 spiro atoms. The van der Waals surface area contributed by atoms with Gasteiger partial charge in [-0.2, -0.15) is 23.0 Å². The van der Waals surface area contributed by atoms with Crippen LogP contribution in [-0.4, -0.2) is 21.7 Å². The van der Waals surface area contributed by atoms with Gasteiger partial charge in [0.05, 0.1) is 0 Å². The fourth-order valence-corrected chi connectivity index (χ4v) is 1.66. The highest BCUT2D eigenvalue weighted by molar-refractivity contribution is 8.00. The molecule has 0 aliphatic rings. The summed E-state index contributed by atoms with van der Waals surface area (Å²) in [4.78, 5) is 0. The summed E-state index contributed by atoms with van der Waals surface area (Å²) in [6.07, 6.45) is 0. The van der Waals surface area contributed by atoms with Gasteiger partial charge in [0.2, 0.25) is 0 Å². The summed E-state index contributed by atoms with van der Waals surface area (Å²) < 4.78 is 0. The minimum Gasteiger partial charge on any atom is -0.383 e. The molecule has 0 amide bonds. The van der Waals surface area contributed by atoms with E-state index in [1.807, 2.05) is 6.07 Å². The standard InChI is InChI=1S/C6H8N4S2/c7-3-4-5(8)9-10-6(4)12-2-1-11/h11H,1-2H2,(H3,8,9,10). The Morgan fingerprint density at radius 1 is 1.75 bits per heavy atom. The van der Waals surface area contributed by atoms with E-state index in [1.54, 1.807) is 0 Å². The maximum atomic E-state index is 8.67. The van der Waals surface area contributed by atoms with Gasteiger partial charge in [-0.25, -0.2) is 0 Å². The molecule has 64 valence electrons. The van der Waals surface area contributed by atoms with Crippen LogP contribution in [0.15, 0.2) is 5.03 Å². The third-order valence-electron chi connectivity index (χ3n) is 1.20. The quantitative estimate of drug-likeness (QED) is 0.500. The largest absolute Gasteiger partial charge is 0.383 e. The molecule has 0 aromatic carbocycles. The van der Waals surface area contributed by atoms with Crippen molar-refractivity contribution in [2.45, 2.75) is 5.03 Å². The average molecular weight is 200 g/mol. The molecule has 0 aliphatic heterocycles. The second-order valence-electron chi connectivity index (χ2n) is 2.00. The van der Waals surface area contributed by atoms with Crippen LogP contribution in [0.3, 0.4) is 0 Å². The van der Waals surface area contributed by atoms with Crippen molar-refractivity contribution in [2.75, 3.05) is 17.2 Å². The zero-order valence-corrected chi connectivity index (χ0v) is 7.95. The number of anilines is 1. The van der Waals surface area contributed by atoms with E-state index >= 15 is 0 Å². The zero-order chi connectivity index (χ0) is 8.97. The average Bonchev–Trinajstić information content (AvgIpc) is 2.43. The number of aromatic amines is 1. The molecule has 0 atom stereocenters.